The molecule has 1 N–H and O–H groups in total. The molecule has 1 fully saturated rings. The molecule has 0 aromatic rings. The fraction of sp³-hybridized carbons (Fsp3) is 0.786. The molecule has 0 spiro atoms. The number of nitrogens with one attached hydrogen (secondary N) is 1. The van der Waals surface area contributed by atoms with Gasteiger partial charge in [-0.25, -0.2) is 0 Å². The molecule has 1 heterocycles. The Bertz CT molecular complexity index is 239. The number of nitrogens with zero attached hydrogens (tertiary/aromatic N) is 2. The molecule has 0 aromatic carbocycles. The van der Waals surface area contributed by atoms with Gasteiger partial charge >= 0.3 is 0 Å². The van der Waals surface area contributed by atoms with Crippen LogP contribution in [-0.4, -0.2) is 61.7 Å². The molecule has 0 bridgehead atoms. The van der Waals surface area contributed by atoms with Crippen molar-refractivity contribution in [3.63, 3.8) is 0 Å². The van der Waals surface area contributed by atoms with Gasteiger partial charge in [-0.1, -0.05) is 20.4 Å². The zero-order valence-electron chi connectivity index (χ0n) is 13.2. The largest absolute Gasteiger partial charge is 0.331 e. The lowest BCUT2D eigenvalue weighted by molar-refractivity contribution is -0.120. The van der Waals surface area contributed by atoms with Gasteiger partial charge in [-0.15, -0.1) is 0 Å². The van der Waals surface area contributed by atoms with Gasteiger partial charge in [0.2, 0.25) is 5.91 Å². The third-order valence-corrected chi connectivity index (χ3v) is 2.60. The number of likely N-dealkylation sites (N-methyl/N-ethyl adjacent to an activating group) is 1. The molecule has 1 amide bonds. The van der Waals surface area contributed by atoms with Gasteiger partial charge in [0, 0.05) is 44.8 Å². The van der Waals surface area contributed by atoms with E-state index in [-0.39, 0.29) is 5.91 Å². The summed E-state index contributed by atoms with van der Waals surface area (Å²) in [5.74, 6) is 0.0708. The van der Waals surface area contributed by atoms with E-state index in [2.05, 4.69) is 41.4 Å². The number of piperazine rings is 1. The van der Waals surface area contributed by atoms with Gasteiger partial charge in [0.05, 0.1) is 0 Å². The van der Waals surface area contributed by atoms with Crippen molar-refractivity contribution >= 4 is 18.5 Å². The standard InChI is InChI=1S/C11H21N3O.C2H6.CH4S/c1-10(2)12-11(15)4-5-14-8-6-13(3)7-9-14;2*1-2/h1,4-9H2,2-3H3,(H,12,15);1-2H3;2H,1H3. The molecule has 0 unspecified atom stereocenters. The molecule has 1 rings (SSSR count). The van der Waals surface area contributed by atoms with E-state index in [0.717, 1.165) is 38.4 Å². The molecule has 1 saturated heterocycles. The highest BCUT2D eigenvalue weighted by atomic mass is 32.1. The number of thiol groups is 1. The summed E-state index contributed by atoms with van der Waals surface area (Å²) in [4.78, 5) is 16.0. The number of hydrogen-bond donors (Lipinski definition) is 2. The molecule has 0 saturated carbocycles. The van der Waals surface area contributed by atoms with Crippen molar-refractivity contribution in [1.29, 1.82) is 0 Å². The number of carbonyl (C=O) groups is 1. The summed E-state index contributed by atoms with van der Waals surface area (Å²) in [6.07, 6.45) is 2.26. The number of rotatable bonds is 4. The van der Waals surface area contributed by atoms with Crippen LogP contribution in [0.15, 0.2) is 12.3 Å². The molecule has 114 valence electrons. The first kappa shape index (κ1) is 20.8. The lowest BCUT2D eigenvalue weighted by Gasteiger charge is -2.32. The van der Waals surface area contributed by atoms with E-state index >= 15 is 0 Å². The second-order valence-corrected chi connectivity index (χ2v) is 4.22. The van der Waals surface area contributed by atoms with Crippen molar-refractivity contribution in [2.45, 2.75) is 27.2 Å². The molecular formula is C14H31N3OS. The van der Waals surface area contributed by atoms with Crippen LogP contribution >= 0.6 is 12.6 Å². The monoisotopic (exact) mass is 289 g/mol. The summed E-state index contributed by atoms with van der Waals surface area (Å²) in [5, 5.41) is 2.72. The Labute approximate surface area is 124 Å². The van der Waals surface area contributed by atoms with Crippen LogP contribution < -0.4 is 5.32 Å². The maximum Gasteiger partial charge on any atom is 0.225 e. The third kappa shape index (κ3) is 12.3. The lowest BCUT2D eigenvalue weighted by Crippen LogP contribution is -2.45. The minimum Gasteiger partial charge on any atom is -0.331 e. The van der Waals surface area contributed by atoms with Crippen LogP contribution in [0.2, 0.25) is 0 Å². The van der Waals surface area contributed by atoms with Crippen molar-refractivity contribution in [1.82, 2.24) is 15.1 Å². The summed E-state index contributed by atoms with van der Waals surface area (Å²) >= 11 is 3.53. The van der Waals surface area contributed by atoms with Crippen molar-refractivity contribution in [3.05, 3.63) is 12.3 Å². The van der Waals surface area contributed by atoms with E-state index in [9.17, 15) is 4.79 Å². The summed E-state index contributed by atoms with van der Waals surface area (Å²) in [7, 11) is 2.13. The normalized spacial score (nSPS) is 15.5. The Morgan fingerprint density at radius 2 is 1.68 bits per heavy atom. The second kappa shape index (κ2) is 13.9. The molecule has 4 nitrogen and oxygen atoms in total. The Morgan fingerprint density at radius 1 is 1.21 bits per heavy atom. The van der Waals surface area contributed by atoms with Crippen molar-refractivity contribution < 1.29 is 4.79 Å². The minimum atomic E-state index is 0.0708. The number of hydrogen-bond acceptors (Lipinski definition) is 4. The van der Waals surface area contributed by atoms with Crippen LogP contribution in [0.25, 0.3) is 0 Å². The second-order valence-electron chi connectivity index (χ2n) is 4.22. The molecule has 0 aliphatic carbocycles. The van der Waals surface area contributed by atoms with E-state index in [1.807, 2.05) is 13.8 Å². The summed E-state index contributed by atoms with van der Waals surface area (Å²) in [6, 6.07) is 0. The Kier molecular flexibility index (Phi) is 15.2. The van der Waals surface area contributed by atoms with E-state index in [1.54, 1.807) is 13.2 Å². The highest BCUT2D eigenvalue weighted by Gasteiger charge is 2.14. The molecule has 1 aliphatic heterocycles. The summed E-state index contributed by atoms with van der Waals surface area (Å²) < 4.78 is 0. The maximum absolute atomic E-state index is 11.4. The molecule has 0 radical (unpaired) electrons. The van der Waals surface area contributed by atoms with Crippen LogP contribution in [0, 0.1) is 0 Å². The smallest absolute Gasteiger partial charge is 0.225 e. The van der Waals surface area contributed by atoms with Crippen LogP contribution in [0.3, 0.4) is 0 Å². The predicted octanol–water partition coefficient (Wildman–Crippen LogP) is 1.85. The van der Waals surface area contributed by atoms with Gasteiger partial charge in [-0.3, -0.25) is 4.79 Å². The predicted molar refractivity (Wildman–Crippen MR) is 87.8 cm³/mol. The lowest BCUT2D eigenvalue weighted by atomic mass is 10.3. The molecule has 0 atom stereocenters. The number of allylic oxidation sites excluding steroid dienone is 1. The van der Waals surface area contributed by atoms with Gasteiger partial charge in [0.25, 0.3) is 0 Å². The van der Waals surface area contributed by atoms with Gasteiger partial charge in [0.1, 0.15) is 0 Å². The Hall–Kier alpha value is -0.520. The van der Waals surface area contributed by atoms with E-state index in [4.69, 9.17) is 0 Å². The van der Waals surface area contributed by atoms with E-state index < -0.39 is 0 Å². The highest BCUT2D eigenvalue weighted by Crippen LogP contribution is 2.00. The first-order valence-corrected chi connectivity index (χ1v) is 7.78. The van der Waals surface area contributed by atoms with Crippen molar-refractivity contribution in [3.8, 4) is 0 Å². The fourth-order valence-corrected chi connectivity index (χ4v) is 1.63. The van der Waals surface area contributed by atoms with Crippen LogP contribution in [-0.2, 0) is 4.79 Å². The fourth-order valence-electron chi connectivity index (χ4n) is 1.63. The molecule has 19 heavy (non-hydrogen) atoms. The quantitative estimate of drug-likeness (QED) is 0.775. The van der Waals surface area contributed by atoms with E-state index in [0.29, 0.717) is 6.42 Å². The minimum absolute atomic E-state index is 0.0708. The van der Waals surface area contributed by atoms with Gasteiger partial charge < -0.3 is 15.1 Å². The molecular weight excluding hydrogens is 258 g/mol. The van der Waals surface area contributed by atoms with Gasteiger partial charge in [-0.05, 0) is 20.2 Å². The maximum atomic E-state index is 11.4. The summed E-state index contributed by atoms with van der Waals surface area (Å²) in [5.41, 5.74) is 0.721. The highest BCUT2D eigenvalue weighted by molar-refractivity contribution is 7.79. The zero-order valence-corrected chi connectivity index (χ0v) is 14.1. The zero-order chi connectivity index (χ0) is 15.3. The van der Waals surface area contributed by atoms with Gasteiger partial charge in [-0.2, -0.15) is 12.6 Å². The topological polar surface area (TPSA) is 35.6 Å². The third-order valence-electron chi connectivity index (χ3n) is 2.60. The van der Waals surface area contributed by atoms with Crippen LogP contribution in [0.4, 0.5) is 0 Å². The summed E-state index contributed by atoms with van der Waals surface area (Å²) in [6.45, 7) is 14.6. The number of amides is 1. The van der Waals surface area contributed by atoms with E-state index in [1.165, 1.54) is 0 Å². The average Bonchev–Trinajstić information content (AvgIpc) is 2.42. The first-order valence-electron chi connectivity index (χ1n) is 6.89. The van der Waals surface area contributed by atoms with Crippen molar-refractivity contribution in [2.24, 2.45) is 0 Å². The first-order chi connectivity index (χ1) is 9.08. The van der Waals surface area contributed by atoms with Crippen LogP contribution in [0.1, 0.15) is 27.2 Å². The Morgan fingerprint density at radius 3 is 2.11 bits per heavy atom. The van der Waals surface area contributed by atoms with Gasteiger partial charge in [0.15, 0.2) is 0 Å². The molecule has 0 aromatic heterocycles. The van der Waals surface area contributed by atoms with Crippen molar-refractivity contribution in [2.75, 3.05) is 46.0 Å². The Balaban J connectivity index is 0. The molecule has 5 heteroatoms. The van der Waals surface area contributed by atoms with Crippen LogP contribution in [0.5, 0.6) is 0 Å². The molecule has 1 aliphatic rings. The SMILES string of the molecule is C=C(C)NC(=O)CCN1CCN(C)CC1.CC.CS. The number of carbonyl (C=O) groups excluding carboxylic acids is 1. The average molecular weight is 289 g/mol.